The van der Waals surface area contributed by atoms with Gasteiger partial charge in [-0.3, -0.25) is 0 Å². The maximum absolute atomic E-state index is 11.4. The van der Waals surface area contributed by atoms with Crippen LogP contribution in [-0.4, -0.2) is 195 Å². The predicted octanol–water partition coefficient (Wildman–Crippen LogP) is 2.20. The molecule has 0 bridgehead atoms. The summed E-state index contributed by atoms with van der Waals surface area (Å²) in [7, 11) is 0. The molecule has 12 N–H and O–H groups in total. The van der Waals surface area contributed by atoms with Crippen LogP contribution in [0.1, 0.15) is 125 Å². The molecule has 13 rings (SSSR count). The Morgan fingerprint density at radius 1 is 0.472 bits per heavy atom. The molecule has 9 heterocycles. The minimum Gasteiger partial charge on any atom is -0.390 e. The van der Waals surface area contributed by atoms with Gasteiger partial charge >= 0.3 is 0 Å². The second kappa shape index (κ2) is 26.0. The van der Waals surface area contributed by atoms with Gasteiger partial charge < -0.3 is 80.8 Å². The second-order valence-electron chi connectivity index (χ2n) is 23.4. The molecule has 34 heteroatoms. The fourth-order valence-electron chi connectivity index (χ4n) is 12.8. The van der Waals surface area contributed by atoms with Crippen molar-refractivity contribution in [3.63, 3.8) is 0 Å². The molecular formula is C55H74ClN27O6. The molecule has 0 spiro atoms. The summed E-state index contributed by atoms with van der Waals surface area (Å²) in [5, 5.41) is 103. The summed E-state index contributed by atoms with van der Waals surface area (Å²) in [6.07, 6.45) is 17.2. The van der Waals surface area contributed by atoms with Crippen molar-refractivity contribution in [2.45, 2.75) is 190 Å². The zero-order valence-electron chi connectivity index (χ0n) is 49.2. The first-order chi connectivity index (χ1) is 43.4. The molecule has 0 unspecified atom stereocenters. The van der Waals surface area contributed by atoms with Gasteiger partial charge in [0, 0.05) is 75.6 Å². The van der Waals surface area contributed by atoms with Crippen LogP contribution in [0.25, 0.3) is 22.3 Å². The zero-order chi connectivity index (χ0) is 61.3. The monoisotopic (exact) mass is 1240 g/mol. The molecule has 8 atom stereocenters. The number of aliphatic hydroxyl groups is 6. The Kier molecular flexibility index (Phi) is 17.4. The highest BCUT2D eigenvalue weighted by Gasteiger charge is 2.47. The van der Waals surface area contributed by atoms with Gasteiger partial charge in [0.1, 0.15) is 47.9 Å². The third-order valence-corrected chi connectivity index (χ3v) is 17.8. The van der Waals surface area contributed by atoms with Crippen LogP contribution in [-0.2, 0) is 39.1 Å². The summed E-state index contributed by atoms with van der Waals surface area (Å²) in [6.45, 7) is 6.21. The van der Waals surface area contributed by atoms with Gasteiger partial charge in [-0.1, -0.05) is 0 Å². The lowest BCUT2D eigenvalue weighted by molar-refractivity contribution is 0.00491. The number of aromatic nitrogens is 21. The number of nitrogens with one attached hydrogen (secondary N) is 6. The number of halogens is 1. The van der Waals surface area contributed by atoms with Gasteiger partial charge in [-0.25, -0.2) is 19.9 Å². The molecule has 9 aromatic rings. The first kappa shape index (κ1) is 59.6. The number of imidazole rings is 4. The average Bonchev–Trinajstić information content (AvgIpc) is 1.79. The van der Waals surface area contributed by atoms with Crippen LogP contribution in [0.4, 0.5) is 35.4 Å². The molecule has 0 aliphatic heterocycles. The third kappa shape index (κ3) is 12.8. The lowest BCUT2D eigenvalue weighted by atomic mass is 9.91. The number of anilines is 6. The van der Waals surface area contributed by atoms with E-state index >= 15 is 0 Å². The van der Waals surface area contributed by atoms with E-state index in [0.717, 1.165) is 75.8 Å². The Morgan fingerprint density at radius 2 is 0.876 bits per heavy atom. The number of hydrogen-bond donors (Lipinski definition) is 12. The highest BCUT2D eigenvalue weighted by atomic mass is 35.5. The van der Waals surface area contributed by atoms with E-state index in [9.17, 15) is 30.6 Å². The minimum absolute atomic E-state index is 0.0353. The molecule has 4 aliphatic rings. The Balaban J connectivity index is 0.642. The summed E-state index contributed by atoms with van der Waals surface area (Å²) in [6, 6.07) is -2.34. The van der Waals surface area contributed by atoms with E-state index in [1.807, 2.05) is 34.2 Å². The lowest BCUT2D eigenvalue weighted by Gasteiger charge is -2.31. The van der Waals surface area contributed by atoms with Crippen molar-refractivity contribution in [3.05, 3.63) is 78.2 Å². The van der Waals surface area contributed by atoms with Gasteiger partial charge in [-0.2, -0.15) is 64.9 Å². The summed E-state index contributed by atoms with van der Waals surface area (Å²) < 4.78 is 7.62. The van der Waals surface area contributed by atoms with Crippen LogP contribution >= 0.6 is 11.6 Å². The van der Waals surface area contributed by atoms with Crippen molar-refractivity contribution in [1.82, 2.24) is 103 Å². The lowest BCUT2D eigenvalue weighted by Crippen LogP contribution is -2.34. The Morgan fingerprint density at radius 3 is 1.26 bits per heavy atom. The molecule has 4 saturated carbocycles. The molecule has 33 nitrogen and oxygen atoms in total. The van der Waals surface area contributed by atoms with Crippen LogP contribution < -0.4 is 31.9 Å². The van der Waals surface area contributed by atoms with E-state index in [1.165, 1.54) is 22.0 Å². The molecular weight excluding hydrogens is 1170 g/mol. The molecule has 4 aliphatic carbocycles. The van der Waals surface area contributed by atoms with Gasteiger partial charge in [0.05, 0.1) is 74.4 Å². The molecule has 89 heavy (non-hydrogen) atoms. The van der Waals surface area contributed by atoms with Crippen molar-refractivity contribution in [1.29, 1.82) is 0 Å². The van der Waals surface area contributed by atoms with Gasteiger partial charge in [0.2, 0.25) is 29.1 Å². The molecule has 0 radical (unpaired) electrons. The van der Waals surface area contributed by atoms with Crippen LogP contribution in [0.2, 0.25) is 5.28 Å². The summed E-state index contributed by atoms with van der Waals surface area (Å²) >= 11 is 6.57. The number of fused-ring (bicyclic) bond motifs is 2. The van der Waals surface area contributed by atoms with Gasteiger partial charge in [0.25, 0.3) is 0 Å². The summed E-state index contributed by atoms with van der Waals surface area (Å²) in [5.74, 6) is 2.61. The van der Waals surface area contributed by atoms with Crippen molar-refractivity contribution < 1.29 is 30.6 Å². The van der Waals surface area contributed by atoms with Crippen LogP contribution in [0, 0.1) is 0 Å². The fourth-order valence-corrected chi connectivity index (χ4v) is 12.9. The molecule has 472 valence electrons. The maximum Gasteiger partial charge on any atom is 0.229 e. The third-order valence-electron chi connectivity index (χ3n) is 17.7. The van der Waals surface area contributed by atoms with Crippen molar-refractivity contribution >= 4 is 69.4 Å². The second-order valence-corrected chi connectivity index (χ2v) is 23.8. The standard InChI is InChI=1S/C55H74ClN27O6/c1-3-78-21-33(59-25-78)13-15-57-52-69-47(41-49(71-52)80(27-61-41)37-17-39(45(88)43(37)86)82-63-19-35(23-84)76-82)65-29-5-9-31(10-6-29)67-54-73-51(56)74-55(75-54)68-32-11-7-30(8-12-32)66-48-42-50(72-53(70-48)58-16-14-34-22-79(4-2)26-60-34)81(28-62-42)38-18-40(46(89)44(38)87)83-64-20-36(24-85)77-83/h19-22,25-32,37-40,43-46,84-89H,3-18,23-24H2,1-2H3,(H2,57,65,69,71)(H2,58,66,70,72)(H2,67,68,73,74,75)/t29?,30?,31?,32?,37-,38-,39+,40+,43+,44+,45-,46-/m1/s1. The van der Waals surface area contributed by atoms with Crippen molar-refractivity contribution in [3.8, 4) is 0 Å². The predicted molar refractivity (Wildman–Crippen MR) is 324 cm³/mol. The first-order valence-electron chi connectivity index (χ1n) is 30.6. The molecule has 4 fully saturated rings. The highest BCUT2D eigenvalue weighted by Crippen LogP contribution is 2.42. The smallest absolute Gasteiger partial charge is 0.229 e. The molecule has 0 amide bonds. The quantitative estimate of drug-likeness (QED) is 0.0412. The number of nitrogens with zero attached hydrogens (tertiary/aromatic N) is 21. The van der Waals surface area contributed by atoms with Crippen molar-refractivity contribution in [2.24, 2.45) is 0 Å². The van der Waals surface area contributed by atoms with E-state index in [4.69, 9.17) is 46.5 Å². The minimum atomic E-state index is -1.18. The van der Waals surface area contributed by atoms with Crippen molar-refractivity contribution in [2.75, 3.05) is 45.0 Å². The topological polar surface area (TPSA) is 416 Å². The van der Waals surface area contributed by atoms with E-state index < -0.39 is 48.6 Å². The molecule has 0 saturated heterocycles. The number of rotatable bonds is 24. The van der Waals surface area contributed by atoms with Crippen LogP contribution in [0.3, 0.4) is 0 Å². The first-order valence-corrected chi connectivity index (χ1v) is 31.0. The summed E-state index contributed by atoms with van der Waals surface area (Å²) in [5.41, 5.74) is 4.62. The van der Waals surface area contributed by atoms with E-state index in [0.29, 0.717) is 95.1 Å². The van der Waals surface area contributed by atoms with Gasteiger partial charge in [-0.05, 0) is 89.7 Å². The van der Waals surface area contributed by atoms with Crippen LogP contribution in [0.5, 0.6) is 0 Å². The Labute approximate surface area is 514 Å². The molecule has 0 aromatic carbocycles. The highest BCUT2D eigenvalue weighted by molar-refractivity contribution is 6.28. The Bertz CT molecular complexity index is 3610. The van der Waals surface area contributed by atoms with E-state index in [1.54, 1.807) is 21.8 Å². The van der Waals surface area contributed by atoms with Gasteiger partial charge in [-0.15, -0.1) is 0 Å². The SMILES string of the molecule is CCn1cnc(CCNc2nc(NC3CCC(Nc4nc(Cl)nc(NC5CCC(Nc6nc(NCCc7cn(CC)cn7)nc7c6ncn7[C@@H]6C[C@H](n7ncc(CO)n7)[C@@H](O)[C@H]6O)CC5)n4)CC3)c3ncn([C@@H]4C[C@H](n5ncc(CO)n5)[C@@H](O)[C@H]4O)c3n2)c1. The maximum atomic E-state index is 11.4. The largest absolute Gasteiger partial charge is 0.390 e. The zero-order valence-corrected chi connectivity index (χ0v) is 50.0. The Hall–Kier alpha value is -8.34. The van der Waals surface area contributed by atoms with Crippen LogP contribution in [0.15, 0.2) is 50.1 Å². The normalized spacial score (nSPS) is 25.5. The number of aliphatic hydroxyl groups excluding tert-OH is 6. The van der Waals surface area contributed by atoms with Gasteiger partial charge in [0.15, 0.2) is 34.0 Å². The fraction of sp³-hybridized carbons (Fsp3) is 0.582. The number of aryl methyl sites for hydroxylation is 2. The van der Waals surface area contributed by atoms with E-state index in [2.05, 4.69) is 86.1 Å². The average molecular weight is 1240 g/mol. The summed E-state index contributed by atoms with van der Waals surface area (Å²) in [4.78, 5) is 54.7. The molecule has 9 aromatic heterocycles. The number of hydrogen-bond acceptors (Lipinski definition) is 27. The van der Waals surface area contributed by atoms with E-state index in [-0.39, 0.29) is 55.5 Å².